The fourth-order valence-corrected chi connectivity index (χ4v) is 2.12. The summed E-state index contributed by atoms with van der Waals surface area (Å²) in [4.78, 5) is 0. The predicted octanol–water partition coefficient (Wildman–Crippen LogP) is 3.08. The first-order valence-corrected chi connectivity index (χ1v) is 5.71. The molecular weight excluding hydrogens is 286 g/mol. The van der Waals surface area contributed by atoms with Crippen molar-refractivity contribution in [2.24, 2.45) is 0 Å². The number of ether oxygens (including phenoxy) is 1. The molecule has 0 N–H and O–H groups in total. The highest BCUT2D eigenvalue weighted by Crippen LogP contribution is 2.35. The summed E-state index contributed by atoms with van der Waals surface area (Å²) < 4.78 is 6.66. The smallest absolute Gasteiger partial charge is 0.141 e. The van der Waals surface area contributed by atoms with E-state index in [2.05, 4.69) is 28.7 Å². The van der Waals surface area contributed by atoms with Crippen LogP contribution in [0.5, 0.6) is 5.75 Å². The van der Waals surface area contributed by atoms with Crippen LogP contribution in [0.4, 0.5) is 0 Å². The third-order valence-electron chi connectivity index (χ3n) is 1.95. The summed E-state index contributed by atoms with van der Waals surface area (Å²) in [5, 5.41) is 0.736. The van der Waals surface area contributed by atoms with E-state index in [-0.39, 0.29) is 0 Å². The summed E-state index contributed by atoms with van der Waals surface area (Å²) >= 11 is 8.30. The predicted molar refractivity (Wildman–Crippen MR) is 58.5 cm³/mol. The Bertz CT molecular complexity index is 301. The molecule has 3 heteroatoms. The molecule has 0 aliphatic carbocycles. The lowest BCUT2D eigenvalue weighted by Gasteiger charge is -2.05. The molecule has 0 spiro atoms. The van der Waals surface area contributed by atoms with E-state index in [4.69, 9.17) is 16.3 Å². The molecule has 64 valence electrons. The van der Waals surface area contributed by atoms with E-state index in [0.29, 0.717) is 6.10 Å². The van der Waals surface area contributed by atoms with Crippen molar-refractivity contribution in [2.45, 2.75) is 12.5 Å². The summed E-state index contributed by atoms with van der Waals surface area (Å²) in [5.41, 5.74) is 1.24. The monoisotopic (exact) mass is 294 g/mol. The Balaban J connectivity index is 2.35. The molecular formula is C9H8ClIO. The van der Waals surface area contributed by atoms with Crippen LogP contribution in [-0.2, 0) is 6.42 Å². The lowest BCUT2D eigenvalue weighted by atomic mass is 10.1. The van der Waals surface area contributed by atoms with E-state index in [9.17, 15) is 0 Å². The first-order chi connectivity index (χ1) is 5.81. The number of rotatable bonds is 1. The van der Waals surface area contributed by atoms with Gasteiger partial charge in [-0.2, -0.15) is 0 Å². The fraction of sp³-hybridized carbons (Fsp3) is 0.333. The summed E-state index contributed by atoms with van der Waals surface area (Å²) in [6.07, 6.45) is 1.32. The van der Waals surface area contributed by atoms with Crippen molar-refractivity contribution in [2.75, 3.05) is 4.43 Å². The molecule has 1 aromatic rings. The van der Waals surface area contributed by atoms with Crippen molar-refractivity contribution in [3.63, 3.8) is 0 Å². The van der Waals surface area contributed by atoms with Gasteiger partial charge in [0.15, 0.2) is 0 Å². The minimum Gasteiger partial charge on any atom is -0.487 e. The van der Waals surface area contributed by atoms with Crippen molar-refractivity contribution in [3.05, 3.63) is 28.8 Å². The minimum atomic E-state index is 0.320. The molecule has 0 unspecified atom stereocenters. The van der Waals surface area contributed by atoms with Crippen molar-refractivity contribution in [3.8, 4) is 5.75 Å². The van der Waals surface area contributed by atoms with Crippen molar-refractivity contribution < 1.29 is 4.74 Å². The van der Waals surface area contributed by atoms with Gasteiger partial charge in [-0.25, -0.2) is 0 Å². The lowest BCUT2D eigenvalue weighted by Crippen LogP contribution is -2.13. The Morgan fingerprint density at radius 3 is 3.08 bits per heavy atom. The largest absolute Gasteiger partial charge is 0.487 e. The molecule has 1 heterocycles. The third-order valence-corrected chi connectivity index (χ3v) is 3.23. The number of para-hydroxylation sites is 1. The fourth-order valence-electron chi connectivity index (χ4n) is 1.39. The quantitative estimate of drug-likeness (QED) is 0.571. The van der Waals surface area contributed by atoms with Gasteiger partial charge in [0.1, 0.15) is 11.9 Å². The number of halogens is 2. The molecule has 0 fully saturated rings. The molecule has 0 saturated carbocycles. The van der Waals surface area contributed by atoms with Crippen LogP contribution in [0, 0.1) is 0 Å². The molecule has 0 saturated heterocycles. The van der Waals surface area contributed by atoms with Gasteiger partial charge < -0.3 is 4.74 Å². The minimum absolute atomic E-state index is 0.320. The van der Waals surface area contributed by atoms with Gasteiger partial charge in [-0.15, -0.1) is 0 Å². The Hall–Kier alpha value is 0.0400. The van der Waals surface area contributed by atoms with Gasteiger partial charge in [0.05, 0.1) is 5.02 Å². The number of fused-ring (bicyclic) bond motifs is 1. The molecule has 0 bridgehead atoms. The second-order valence-corrected chi connectivity index (χ2v) is 4.11. The van der Waals surface area contributed by atoms with Crippen LogP contribution in [0.3, 0.4) is 0 Å². The van der Waals surface area contributed by atoms with E-state index in [1.165, 1.54) is 5.56 Å². The van der Waals surface area contributed by atoms with E-state index in [0.717, 1.165) is 21.6 Å². The van der Waals surface area contributed by atoms with Gasteiger partial charge >= 0.3 is 0 Å². The first-order valence-electron chi connectivity index (χ1n) is 3.81. The van der Waals surface area contributed by atoms with Crippen LogP contribution in [0.1, 0.15) is 5.56 Å². The van der Waals surface area contributed by atoms with Crippen LogP contribution >= 0.6 is 34.2 Å². The van der Waals surface area contributed by atoms with Crippen LogP contribution in [0.2, 0.25) is 5.02 Å². The Labute approximate surface area is 90.2 Å². The van der Waals surface area contributed by atoms with E-state index in [1.54, 1.807) is 0 Å². The molecule has 12 heavy (non-hydrogen) atoms. The van der Waals surface area contributed by atoms with Gasteiger partial charge in [-0.1, -0.05) is 46.3 Å². The average molecular weight is 295 g/mol. The van der Waals surface area contributed by atoms with Crippen LogP contribution < -0.4 is 4.74 Å². The van der Waals surface area contributed by atoms with Crippen molar-refractivity contribution >= 4 is 34.2 Å². The van der Waals surface area contributed by atoms with Crippen molar-refractivity contribution in [1.82, 2.24) is 0 Å². The number of hydrogen-bond donors (Lipinski definition) is 0. The highest BCUT2D eigenvalue weighted by atomic mass is 127. The van der Waals surface area contributed by atoms with Crippen LogP contribution in [0.15, 0.2) is 18.2 Å². The van der Waals surface area contributed by atoms with Gasteiger partial charge in [-0.05, 0) is 11.6 Å². The average Bonchev–Trinajstić information content (AvgIpc) is 2.49. The van der Waals surface area contributed by atoms with Crippen LogP contribution in [0.25, 0.3) is 0 Å². The standard InChI is InChI=1S/C9H8ClIO/c10-8-3-1-2-6-4-7(5-11)12-9(6)8/h1-3,7H,4-5H2/t7-/m1/s1. The highest BCUT2D eigenvalue weighted by molar-refractivity contribution is 14.1. The second-order valence-electron chi connectivity index (χ2n) is 2.83. The maximum atomic E-state index is 5.96. The van der Waals surface area contributed by atoms with E-state index < -0.39 is 0 Å². The maximum Gasteiger partial charge on any atom is 0.141 e. The number of benzene rings is 1. The topological polar surface area (TPSA) is 9.23 Å². The summed E-state index contributed by atoms with van der Waals surface area (Å²) in [6, 6.07) is 5.92. The first kappa shape index (κ1) is 8.63. The lowest BCUT2D eigenvalue weighted by molar-refractivity contribution is 0.262. The Morgan fingerprint density at radius 2 is 2.42 bits per heavy atom. The molecule has 2 rings (SSSR count). The Kier molecular flexibility index (Phi) is 2.46. The van der Waals surface area contributed by atoms with Gasteiger partial charge in [0.25, 0.3) is 0 Å². The molecule has 1 atom stereocenters. The maximum absolute atomic E-state index is 5.96. The zero-order chi connectivity index (χ0) is 8.55. The second kappa shape index (κ2) is 3.42. The van der Waals surface area contributed by atoms with E-state index >= 15 is 0 Å². The molecule has 1 aliphatic rings. The van der Waals surface area contributed by atoms with Crippen LogP contribution in [-0.4, -0.2) is 10.5 Å². The third kappa shape index (κ3) is 1.42. The summed E-state index contributed by atoms with van der Waals surface area (Å²) in [7, 11) is 0. The molecule has 1 nitrogen and oxygen atoms in total. The number of hydrogen-bond acceptors (Lipinski definition) is 1. The van der Waals surface area contributed by atoms with Crippen molar-refractivity contribution in [1.29, 1.82) is 0 Å². The summed E-state index contributed by atoms with van der Waals surface area (Å²) in [6.45, 7) is 0. The molecule has 0 radical (unpaired) electrons. The molecule has 0 aromatic heterocycles. The normalized spacial score (nSPS) is 20.3. The molecule has 1 aliphatic heterocycles. The number of alkyl halides is 1. The zero-order valence-electron chi connectivity index (χ0n) is 6.39. The van der Waals surface area contributed by atoms with Gasteiger partial charge in [-0.3, -0.25) is 0 Å². The van der Waals surface area contributed by atoms with Gasteiger partial charge in [0, 0.05) is 10.8 Å². The van der Waals surface area contributed by atoms with E-state index in [1.807, 2.05) is 12.1 Å². The Morgan fingerprint density at radius 1 is 1.58 bits per heavy atom. The zero-order valence-corrected chi connectivity index (χ0v) is 9.30. The molecule has 0 amide bonds. The summed E-state index contributed by atoms with van der Waals surface area (Å²) in [5.74, 6) is 0.890. The van der Waals surface area contributed by atoms with Gasteiger partial charge in [0.2, 0.25) is 0 Å². The highest BCUT2D eigenvalue weighted by Gasteiger charge is 2.23. The SMILES string of the molecule is Clc1cccc2c1O[C@@H](CI)C2. The molecule has 1 aromatic carbocycles.